The van der Waals surface area contributed by atoms with Crippen LogP contribution in [0.4, 0.5) is 11.4 Å². The maximum atomic E-state index is 12.6. The molecule has 0 N–H and O–H groups in total. The Bertz CT molecular complexity index is 643. The Hall–Kier alpha value is -2.29. The molecule has 21 heavy (non-hydrogen) atoms. The van der Waals surface area contributed by atoms with Gasteiger partial charge < -0.3 is 9.80 Å². The first-order chi connectivity index (χ1) is 9.90. The van der Waals surface area contributed by atoms with Crippen molar-refractivity contribution in [1.82, 2.24) is 0 Å². The van der Waals surface area contributed by atoms with E-state index in [9.17, 15) is 4.79 Å². The Morgan fingerprint density at radius 2 is 1.33 bits per heavy atom. The van der Waals surface area contributed by atoms with Gasteiger partial charge in [-0.1, -0.05) is 0 Å². The van der Waals surface area contributed by atoms with Crippen LogP contribution in [0.25, 0.3) is 0 Å². The van der Waals surface area contributed by atoms with E-state index in [2.05, 4.69) is 0 Å². The second-order valence-electron chi connectivity index (χ2n) is 5.66. The van der Waals surface area contributed by atoms with Crippen LogP contribution in [-0.4, -0.2) is 34.0 Å². The van der Waals surface area contributed by atoms with Crippen molar-refractivity contribution in [2.45, 2.75) is 6.92 Å². The minimum absolute atomic E-state index is 0.0723. The van der Waals surface area contributed by atoms with Crippen LogP contribution in [0.5, 0.6) is 0 Å². The lowest BCUT2D eigenvalue weighted by Crippen LogP contribution is -2.11. The second kappa shape index (κ2) is 6.00. The van der Waals surface area contributed by atoms with Crippen LogP contribution in [0.1, 0.15) is 21.5 Å². The fourth-order valence-electron chi connectivity index (χ4n) is 2.25. The summed E-state index contributed by atoms with van der Waals surface area (Å²) in [5.74, 6) is 0.0723. The highest BCUT2D eigenvalue weighted by Crippen LogP contribution is 2.21. The summed E-state index contributed by atoms with van der Waals surface area (Å²) in [6, 6.07) is 13.6. The summed E-state index contributed by atoms with van der Waals surface area (Å²) in [5, 5.41) is 0. The van der Waals surface area contributed by atoms with Gasteiger partial charge in [-0.15, -0.1) is 0 Å². The molecule has 110 valence electrons. The van der Waals surface area contributed by atoms with Crippen LogP contribution >= 0.6 is 0 Å². The van der Waals surface area contributed by atoms with Gasteiger partial charge in [-0.05, 0) is 55.0 Å². The Balaban J connectivity index is 2.31. The molecule has 2 aromatic carbocycles. The molecule has 0 radical (unpaired) electrons. The summed E-state index contributed by atoms with van der Waals surface area (Å²) in [5.41, 5.74) is 4.68. The molecule has 0 fully saturated rings. The van der Waals surface area contributed by atoms with Crippen molar-refractivity contribution in [2.24, 2.45) is 0 Å². The summed E-state index contributed by atoms with van der Waals surface area (Å²) in [7, 11) is 7.97. The van der Waals surface area contributed by atoms with E-state index in [1.807, 2.05) is 87.4 Å². The van der Waals surface area contributed by atoms with Crippen LogP contribution in [0.3, 0.4) is 0 Å². The van der Waals surface area contributed by atoms with Crippen molar-refractivity contribution in [3.63, 3.8) is 0 Å². The van der Waals surface area contributed by atoms with Crippen molar-refractivity contribution in [2.75, 3.05) is 38.0 Å². The van der Waals surface area contributed by atoms with E-state index in [4.69, 9.17) is 0 Å². The maximum absolute atomic E-state index is 12.6. The number of aryl methyl sites for hydroxylation is 1. The molecule has 0 aromatic heterocycles. The SMILES string of the molecule is Cc1cc(N(C)C)ccc1C(=O)c1ccc(N(C)C)cc1. The summed E-state index contributed by atoms with van der Waals surface area (Å²) in [6.45, 7) is 1.98. The molecule has 0 aliphatic carbocycles. The van der Waals surface area contributed by atoms with Gasteiger partial charge >= 0.3 is 0 Å². The molecule has 0 saturated heterocycles. The molecule has 3 nitrogen and oxygen atoms in total. The van der Waals surface area contributed by atoms with Gasteiger partial charge in [0.1, 0.15) is 0 Å². The monoisotopic (exact) mass is 282 g/mol. The maximum Gasteiger partial charge on any atom is 0.193 e. The van der Waals surface area contributed by atoms with Gasteiger partial charge in [0.2, 0.25) is 0 Å². The highest BCUT2D eigenvalue weighted by atomic mass is 16.1. The molecular weight excluding hydrogens is 260 g/mol. The van der Waals surface area contributed by atoms with Gasteiger partial charge in [0, 0.05) is 50.7 Å². The van der Waals surface area contributed by atoms with Crippen molar-refractivity contribution >= 4 is 17.2 Å². The molecule has 3 heteroatoms. The number of carbonyl (C=O) groups excluding carboxylic acids is 1. The lowest BCUT2D eigenvalue weighted by Gasteiger charge is -2.15. The number of nitrogens with zero attached hydrogens (tertiary/aromatic N) is 2. The normalized spacial score (nSPS) is 10.3. The second-order valence-corrected chi connectivity index (χ2v) is 5.66. The molecule has 0 aliphatic heterocycles. The minimum Gasteiger partial charge on any atom is -0.378 e. The average Bonchev–Trinajstić information content (AvgIpc) is 2.46. The zero-order chi connectivity index (χ0) is 15.6. The van der Waals surface area contributed by atoms with E-state index in [1.165, 1.54) is 0 Å². The van der Waals surface area contributed by atoms with E-state index < -0.39 is 0 Å². The number of hydrogen-bond donors (Lipinski definition) is 0. The molecule has 0 spiro atoms. The Labute approximate surface area is 126 Å². The number of carbonyl (C=O) groups is 1. The first kappa shape index (κ1) is 15.1. The Morgan fingerprint density at radius 1 is 0.810 bits per heavy atom. The Morgan fingerprint density at radius 3 is 1.81 bits per heavy atom. The first-order valence-electron chi connectivity index (χ1n) is 7.00. The topological polar surface area (TPSA) is 23.6 Å². The first-order valence-corrected chi connectivity index (χ1v) is 7.00. The van der Waals surface area contributed by atoms with Gasteiger partial charge in [-0.2, -0.15) is 0 Å². The van der Waals surface area contributed by atoms with Crippen LogP contribution in [0.2, 0.25) is 0 Å². The van der Waals surface area contributed by atoms with Crippen LogP contribution in [-0.2, 0) is 0 Å². The molecule has 0 aliphatic rings. The quantitative estimate of drug-likeness (QED) is 0.803. The minimum atomic E-state index is 0.0723. The summed E-state index contributed by atoms with van der Waals surface area (Å²) < 4.78 is 0. The van der Waals surface area contributed by atoms with Gasteiger partial charge in [0.15, 0.2) is 5.78 Å². The lowest BCUT2D eigenvalue weighted by molar-refractivity contribution is 0.103. The standard InChI is InChI=1S/C18H22N2O/c1-13-12-16(20(4)5)10-11-17(13)18(21)14-6-8-15(9-7-14)19(2)3/h6-12H,1-5H3. The van der Waals surface area contributed by atoms with Crippen molar-refractivity contribution in [3.05, 3.63) is 59.2 Å². The number of rotatable bonds is 4. The van der Waals surface area contributed by atoms with E-state index >= 15 is 0 Å². The zero-order valence-corrected chi connectivity index (χ0v) is 13.3. The van der Waals surface area contributed by atoms with Crippen LogP contribution in [0.15, 0.2) is 42.5 Å². The summed E-state index contributed by atoms with van der Waals surface area (Å²) in [4.78, 5) is 16.7. The molecule has 2 rings (SSSR count). The van der Waals surface area contributed by atoms with Crippen molar-refractivity contribution in [3.8, 4) is 0 Å². The van der Waals surface area contributed by atoms with E-state index in [1.54, 1.807) is 0 Å². The number of benzene rings is 2. The van der Waals surface area contributed by atoms with E-state index in [0.29, 0.717) is 0 Å². The third-order valence-electron chi connectivity index (χ3n) is 3.62. The van der Waals surface area contributed by atoms with Crippen molar-refractivity contribution in [1.29, 1.82) is 0 Å². The number of ketones is 1. The Kier molecular flexibility index (Phi) is 4.32. The molecular formula is C18H22N2O. The number of hydrogen-bond acceptors (Lipinski definition) is 3. The predicted octanol–water partition coefficient (Wildman–Crippen LogP) is 3.36. The molecule has 0 unspecified atom stereocenters. The van der Waals surface area contributed by atoms with E-state index in [-0.39, 0.29) is 5.78 Å². The molecule has 0 atom stereocenters. The van der Waals surface area contributed by atoms with Gasteiger partial charge in [0.25, 0.3) is 0 Å². The fourth-order valence-corrected chi connectivity index (χ4v) is 2.25. The van der Waals surface area contributed by atoms with E-state index in [0.717, 1.165) is 28.1 Å². The van der Waals surface area contributed by atoms with Gasteiger partial charge in [0.05, 0.1) is 0 Å². The average molecular weight is 282 g/mol. The molecule has 0 amide bonds. The molecule has 2 aromatic rings. The zero-order valence-electron chi connectivity index (χ0n) is 13.3. The van der Waals surface area contributed by atoms with Gasteiger partial charge in [-0.3, -0.25) is 4.79 Å². The third-order valence-corrected chi connectivity index (χ3v) is 3.62. The molecule has 0 bridgehead atoms. The molecule has 0 heterocycles. The lowest BCUT2D eigenvalue weighted by atomic mass is 9.98. The number of anilines is 2. The summed E-state index contributed by atoms with van der Waals surface area (Å²) >= 11 is 0. The van der Waals surface area contributed by atoms with Crippen molar-refractivity contribution < 1.29 is 4.79 Å². The highest BCUT2D eigenvalue weighted by Gasteiger charge is 2.12. The predicted molar refractivity (Wildman–Crippen MR) is 89.7 cm³/mol. The van der Waals surface area contributed by atoms with Crippen LogP contribution in [0, 0.1) is 6.92 Å². The van der Waals surface area contributed by atoms with Crippen LogP contribution < -0.4 is 9.80 Å². The largest absolute Gasteiger partial charge is 0.378 e. The highest BCUT2D eigenvalue weighted by molar-refractivity contribution is 6.10. The van der Waals surface area contributed by atoms with Gasteiger partial charge in [-0.25, -0.2) is 0 Å². The fraction of sp³-hybridized carbons (Fsp3) is 0.278. The third kappa shape index (κ3) is 3.24. The molecule has 0 saturated carbocycles. The smallest absolute Gasteiger partial charge is 0.193 e. The summed E-state index contributed by atoms with van der Waals surface area (Å²) in [6.07, 6.45) is 0.